The summed E-state index contributed by atoms with van der Waals surface area (Å²) in [5.74, 6) is 0. The molecule has 0 atom stereocenters. The Balaban J connectivity index is 1.94. The van der Waals surface area contributed by atoms with E-state index >= 15 is 0 Å². The molecular formula is C12H15N3. The zero-order valence-corrected chi connectivity index (χ0v) is 8.66. The predicted molar refractivity (Wildman–Crippen MR) is 63.1 cm³/mol. The largest absolute Gasteiger partial charge is 0.305 e. The standard InChI is InChI=1S/C12H15N3/c13-10-6-8-12(9-7-10)15-14-11-4-2-1-3-5-11/h1-2,4,6,8,13-14H,3,5,7,9H2. The first-order chi connectivity index (χ1) is 7.34. The van der Waals surface area contributed by atoms with Crippen molar-refractivity contribution in [1.82, 2.24) is 5.43 Å². The van der Waals surface area contributed by atoms with E-state index in [0.29, 0.717) is 5.71 Å². The molecule has 0 spiro atoms. The number of hydrogen-bond acceptors (Lipinski definition) is 3. The van der Waals surface area contributed by atoms with Crippen LogP contribution in [0.2, 0.25) is 0 Å². The Morgan fingerprint density at radius 1 is 1.20 bits per heavy atom. The zero-order chi connectivity index (χ0) is 10.5. The van der Waals surface area contributed by atoms with Crippen LogP contribution in [0.15, 0.2) is 41.2 Å². The van der Waals surface area contributed by atoms with E-state index in [1.165, 1.54) is 5.70 Å². The van der Waals surface area contributed by atoms with Gasteiger partial charge in [-0.3, -0.25) is 5.43 Å². The third-order valence-electron chi connectivity index (χ3n) is 2.48. The van der Waals surface area contributed by atoms with Gasteiger partial charge in [-0.25, -0.2) is 0 Å². The summed E-state index contributed by atoms with van der Waals surface area (Å²) in [6.07, 6.45) is 13.8. The smallest absolute Gasteiger partial charge is 0.0611 e. The van der Waals surface area contributed by atoms with Crippen LogP contribution in [0.5, 0.6) is 0 Å². The maximum atomic E-state index is 7.42. The molecule has 2 aliphatic carbocycles. The van der Waals surface area contributed by atoms with E-state index in [2.05, 4.69) is 28.8 Å². The van der Waals surface area contributed by atoms with Crippen molar-refractivity contribution in [2.45, 2.75) is 25.7 Å². The fourth-order valence-corrected chi connectivity index (χ4v) is 1.56. The minimum atomic E-state index is 0.689. The molecule has 0 saturated carbocycles. The topological polar surface area (TPSA) is 48.2 Å². The highest BCUT2D eigenvalue weighted by atomic mass is 15.3. The first-order valence-corrected chi connectivity index (χ1v) is 5.28. The van der Waals surface area contributed by atoms with Gasteiger partial charge in [-0.2, -0.15) is 5.10 Å². The van der Waals surface area contributed by atoms with Gasteiger partial charge in [0, 0.05) is 11.4 Å². The summed E-state index contributed by atoms with van der Waals surface area (Å²) in [5.41, 5.74) is 5.97. The van der Waals surface area contributed by atoms with Crippen LogP contribution >= 0.6 is 0 Å². The van der Waals surface area contributed by atoms with E-state index in [0.717, 1.165) is 31.4 Å². The molecule has 0 aromatic rings. The normalized spacial score (nSPS) is 23.1. The second kappa shape index (κ2) is 4.73. The monoisotopic (exact) mass is 201 g/mol. The van der Waals surface area contributed by atoms with Crippen molar-refractivity contribution in [2.75, 3.05) is 0 Å². The van der Waals surface area contributed by atoms with Crippen molar-refractivity contribution in [2.24, 2.45) is 5.10 Å². The molecule has 2 N–H and O–H groups in total. The average molecular weight is 201 g/mol. The van der Waals surface area contributed by atoms with E-state index in [1.54, 1.807) is 0 Å². The number of allylic oxidation sites excluding steroid dienone is 6. The van der Waals surface area contributed by atoms with Crippen LogP contribution < -0.4 is 5.43 Å². The fourth-order valence-electron chi connectivity index (χ4n) is 1.56. The highest BCUT2D eigenvalue weighted by molar-refractivity contribution is 6.07. The second-order valence-electron chi connectivity index (χ2n) is 3.73. The molecular weight excluding hydrogens is 186 g/mol. The summed E-state index contributed by atoms with van der Waals surface area (Å²) in [6, 6.07) is 0. The lowest BCUT2D eigenvalue weighted by Gasteiger charge is -2.11. The average Bonchev–Trinajstić information content (AvgIpc) is 2.30. The van der Waals surface area contributed by atoms with Crippen LogP contribution in [0.4, 0.5) is 0 Å². The lowest BCUT2D eigenvalue weighted by molar-refractivity contribution is 0.787. The summed E-state index contributed by atoms with van der Waals surface area (Å²) in [5, 5.41) is 11.7. The van der Waals surface area contributed by atoms with Crippen LogP contribution in [0.25, 0.3) is 0 Å². The zero-order valence-electron chi connectivity index (χ0n) is 8.66. The highest BCUT2D eigenvalue weighted by Crippen LogP contribution is 2.09. The minimum Gasteiger partial charge on any atom is -0.305 e. The van der Waals surface area contributed by atoms with Gasteiger partial charge in [-0.1, -0.05) is 12.2 Å². The van der Waals surface area contributed by atoms with Gasteiger partial charge in [0.25, 0.3) is 0 Å². The number of hydrazone groups is 1. The fraction of sp³-hybridized carbons (Fsp3) is 0.333. The highest BCUT2D eigenvalue weighted by Gasteiger charge is 2.05. The van der Waals surface area contributed by atoms with Crippen LogP contribution in [-0.2, 0) is 0 Å². The first kappa shape index (κ1) is 9.90. The quantitative estimate of drug-likeness (QED) is 0.663. The van der Waals surface area contributed by atoms with Crippen molar-refractivity contribution >= 4 is 11.4 Å². The van der Waals surface area contributed by atoms with E-state index < -0.39 is 0 Å². The molecule has 15 heavy (non-hydrogen) atoms. The Bertz CT molecular complexity index is 372. The molecule has 3 heteroatoms. The van der Waals surface area contributed by atoms with Gasteiger partial charge >= 0.3 is 0 Å². The third kappa shape index (κ3) is 2.91. The van der Waals surface area contributed by atoms with Gasteiger partial charge in [-0.15, -0.1) is 0 Å². The molecule has 0 fully saturated rings. The maximum absolute atomic E-state index is 7.42. The van der Waals surface area contributed by atoms with Gasteiger partial charge < -0.3 is 5.41 Å². The van der Waals surface area contributed by atoms with Crippen molar-refractivity contribution in [1.29, 1.82) is 5.41 Å². The molecule has 2 aliphatic rings. The Labute approximate surface area is 89.8 Å². The molecule has 0 amide bonds. The molecule has 0 saturated heterocycles. The summed E-state index contributed by atoms with van der Waals surface area (Å²) in [7, 11) is 0. The molecule has 0 aliphatic heterocycles. The summed E-state index contributed by atoms with van der Waals surface area (Å²) in [4.78, 5) is 0. The van der Waals surface area contributed by atoms with E-state index in [4.69, 9.17) is 5.41 Å². The van der Waals surface area contributed by atoms with Crippen molar-refractivity contribution in [3.63, 3.8) is 0 Å². The second-order valence-corrected chi connectivity index (χ2v) is 3.73. The van der Waals surface area contributed by atoms with Gasteiger partial charge in [0.15, 0.2) is 0 Å². The number of nitrogens with one attached hydrogen (secondary N) is 2. The summed E-state index contributed by atoms with van der Waals surface area (Å²) in [6.45, 7) is 0. The van der Waals surface area contributed by atoms with Crippen LogP contribution in [0.1, 0.15) is 25.7 Å². The lowest BCUT2D eigenvalue weighted by atomic mass is 10.0. The van der Waals surface area contributed by atoms with E-state index in [9.17, 15) is 0 Å². The van der Waals surface area contributed by atoms with Crippen molar-refractivity contribution in [3.05, 3.63) is 36.1 Å². The Kier molecular flexibility index (Phi) is 3.12. The predicted octanol–water partition coefficient (Wildman–Crippen LogP) is 2.54. The number of nitrogens with zero attached hydrogens (tertiary/aromatic N) is 1. The lowest BCUT2D eigenvalue weighted by Crippen LogP contribution is -2.13. The molecule has 0 unspecified atom stereocenters. The third-order valence-corrected chi connectivity index (χ3v) is 2.48. The van der Waals surface area contributed by atoms with Crippen molar-refractivity contribution < 1.29 is 0 Å². The maximum Gasteiger partial charge on any atom is 0.0611 e. The first-order valence-electron chi connectivity index (χ1n) is 5.28. The van der Waals surface area contributed by atoms with Crippen LogP contribution in [0, 0.1) is 5.41 Å². The van der Waals surface area contributed by atoms with Crippen LogP contribution in [0.3, 0.4) is 0 Å². The number of hydrogen-bond donors (Lipinski definition) is 2. The summed E-state index contributed by atoms with van der Waals surface area (Å²) >= 11 is 0. The Morgan fingerprint density at radius 3 is 2.80 bits per heavy atom. The van der Waals surface area contributed by atoms with Gasteiger partial charge in [0.1, 0.15) is 0 Å². The molecule has 0 bridgehead atoms. The van der Waals surface area contributed by atoms with E-state index in [1.807, 2.05) is 12.2 Å². The Morgan fingerprint density at radius 2 is 2.13 bits per heavy atom. The SMILES string of the molecule is N=C1C=CC(=NNC2=CC=CCC2)CC1. The molecule has 0 aromatic carbocycles. The van der Waals surface area contributed by atoms with Gasteiger partial charge in [-0.05, 0) is 43.9 Å². The number of rotatable bonds is 2. The summed E-state index contributed by atoms with van der Waals surface area (Å²) < 4.78 is 0. The molecule has 0 aromatic heterocycles. The minimum absolute atomic E-state index is 0.689. The van der Waals surface area contributed by atoms with Gasteiger partial charge in [0.2, 0.25) is 0 Å². The Hall–Kier alpha value is -1.64. The van der Waals surface area contributed by atoms with E-state index in [-0.39, 0.29) is 0 Å². The molecule has 0 heterocycles. The molecule has 3 nitrogen and oxygen atoms in total. The van der Waals surface area contributed by atoms with Crippen molar-refractivity contribution in [3.8, 4) is 0 Å². The molecule has 0 radical (unpaired) electrons. The molecule has 78 valence electrons. The van der Waals surface area contributed by atoms with Gasteiger partial charge in [0.05, 0.1) is 5.71 Å². The van der Waals surface area contributed by atoms with Crippen LogP contribution in [-0.4, -0.2) is 11.4 Å². The molecule has 2 rings (SSSR count).